The van der Waals surface area contributed by atoms with Crippen LogP contribution in [0.2, 0.25) is 0 Å². The molecule has 0 bridgehead atoms. The molecule has 5 aromatic rings. The molecule has 2 N–H and O–H groups in total. The molecule has 4 aromatic heterocycles. The summed E-state index contributed by atoms with van der Waals surface area (Å²) in [7, 11) is 0. The van der Waals surface area contributed by atoms with E-state index >= 15 is 0 Å². The molecule has 32 heavy (non-hydrogen) atoms. The standard InChI is InChI=1S/C23H18FN7O/c24-15-7-13(9-25-11-15)21-29-22-14(12-32)10-26-31(22)23(30-21)27-16-5-6-20-18(8-16)17-3-1-2-4-19(17)28-20/h1-4,7,9-12,16,28H,5-6,8H2,(H,27,29,30). The lowest BCUT2D eigenvalue weighted by Gasteiger charge is -2.24. The summed E-state index contributed by atoms with van der Waals surface area (Å²) >= 11 is 0. The lowest BCUT2D eigenvalue weighted by atomic mass is 9.91. The van der Waals surface area contributed by atoms with Gasteiger partial charge in [-0.15, -0.1) is 0 Å². The predicted octanol–water partition coefficient (Wildman–Crippen LogP) is 3.59. The first-order valence-electron chi connectivity index (χ1n) is 10.4. The average Bonchev–Trinajstić information content (AvgIpc) is 3.40. The van der Waals surface area contributed by atoms with Crippen LogP contribution in [-0.4, -0.2) is 41.9 Å². The zero-order valence-corrected chi connectivity index (χ0v) is 16.9. The number of pyridine rings is 1. The number of para-hydroxylation sites is 1. The van der Waals surface area contributed by atoms with E-state index in [4.69, 9.17) is 0 Å². The third-order valence-corrected chi connectivity index (χ3v) is 5.91. The lowest BCUT2D eigenvalue weighted by molar-refractivity contribution is 0.112. The van der Waals surface area contributed by atoms with Crippen LogP contribution in [0.3, 0.4) is 0 Å². The number of aldehydes is 1. The Kier molecular flexibility index (Phi) is 4.20. The van der Waals surface area contributed by atoms with Crippen LogP contribution in [-0.2, 0) is 12.8 Å². The molecule has 0 aliphatic heterocycles. The first kappa shape index (κ1) is 18.6. The van der Waals surface area contributed by atoms with Crippen LogP contribution in [0.25, 0.3) is 27.9 Å². The number of benzene rings is 1. The Morgan fingerprint density at radius 2 is 2.09 bits per heavy atom. The third-order valence-electron chi connectivity index (χ3n) is 5.91. The minimum atomic E-state index is -0.483. The Hall–Kier alpha value is -4.14. The number of aromatic amines is 1. The van der Waals surface area contributed by atoms with Gasteiger partial charge in [0.1, 0.15) is 5.82 Å². The molecule has 0 amide bonds. The molecule has 8 nitrogen and oxygen atoms in total. The van der Waals surface area contributed by atoms with Gasteiger partial charge >= 0.3 is 0 Å². The van der Waals surface area contributed by atoms with Gasteiger partial charge in [-0.05, 0) is 37.0 Å². The van der Waals surface area contributed by atoms with Gasteiger partial charge in [-0.1, -0.05) is 18.2 Å². The highest BCUT2D eigenvalue weighted by Gasteiger charge is 2.24. The molecule has 1 atom stereocenters. The largest absolute Gasteiger partial charge is 0.358 e. The van der Waals surface area contributed by atoms with Crippen molar-refractivity contribution in [2.24, 2.45) is 0 Å². The Labute approximate surface area is 181 Å². The number of aryl methyl sites for hydroxylation is 1. The Balaban J connectivity index is 1.41. The van der Waals surface area contributed by atoms with Crippen LogP contribution in [0.15, 0.2) is 48.9 Å². The minimum Gasteiger partial charge on any atom is -0.358 e. The minimum absolute atomic E-state index is 0.113. The monoisotopic (exact) mass is 427 g/mol. The number of H-pyrrole nitrogens is 1. The molecule has 1 aliphatic rings. The fraction of sp³-hybridized carbons (Fsp3) is 0.174. The molecule has 4 heterocycles. The number of anilines is 1. The summed E-state index contributed by atoms with van der Waals surface area (Å²) in [4.78, 5) is 28.0. The number of hydrogen-bond donors (Lipinski definition) is 2. The maximum absolute atomic E-state index is 13.8. The molecule has 0 fully saturated rings. The second-order valence-electron chi connectivity index (χ2n) is 7.93. The van der Waals surface area contributed by atoms with Crippen LogP contribution in [0.4, 0.5) is 10.3 Å². The quantitative estimate of drug-likeness (QED) is 0.425. The number of nitrogens with zero attached hydrogens (tertiary/aromatic N) is 5. The van der Waals surface area contributed by atoms with E-state index in [1.54, 1.807) is 0 Å². The average molecular weight is 427 g/mol. The van der Waals surface area contributed by atoms with Crippen molar-refractivity contribution in [1.82, 2.24) is 29.5 Å². The van der Waals surface area contributed by atoms with E-state index in [-0.39, 0.29) is 11.9 Å². The van der Waals surface area contributed by atoms with Gasteiger partial charge in [-0.25, -0.2) is 9.37 Å². The van der Waals surface area contributed by atoms with Gasteiger partial charge in [0.05, 0.1) is 18.0 Å². The van der Waals surface area contributed by atoms with Crippen molar-refractivity contribution >= 4 is 28.8 Å². The Morgan fingerprint density at radius 3 is 2.97 bits per heavy atom. The molecule has 0 saturated heterocycles. The van der Waals surface area contributed by atoms with Gasteiger partial charge < -0.3 is 10.3 Å². The summed E-state index contributed by atoms with van der Waals surface area (Å²) in [5.74, 6) is 0.249. The Morgan fingerprint density at radius 1 is 1.19 bits per heavy atom. The van der Waals surface area contributed by atoms with Gasteiger partial charge in [0, 0.05) is 34.4 Å². The number of fused-ring (bicyclic) bond motifs is 4. The second-order valence-corrected chi connectivity index (χ2v) is 7.93. The number of hydrogen-bond acceptors (Lipinski definition) is 6. The lowest BCUT2D eigenvalue weighted by Crippen LogP contribution is -2.29. The van der Waals surface area contributed by atoms with Crippen LogP contribution in [0.5, 0.6) is 0 Å². The van der Waals surface area contributed by atoms with Crippen LogP contribution in [0.1, 0.15) is 28.0 Å². The first-order chi connectivity index (χ1) is 15.7. The number of rotatable bonds is 4. The van der Waals surface area contributed by atoms with E-state index < -0.39 is 5.82 Å². The summed E-state index contributed by atoms with van der Waals surface area (Å²) in [6.45, 7) is 0. The number of halogens is 1. The maximum Gasteiger partial charge on any atom is 0.228 e. The van der Waals surface area contributed by atoms with Gasteiger partial charge in [0.2, 0.25) is 5.95 Å². The summed E-state index contributed by atoms with van der Waals surface area (Å²) < 4.78 is 15.3. The van der Waals surface area contributed by atoms with Crippen molar-refractivity contribution in [2.75, 3.05) is 5.32 Å². The zero-order chi connectivity index (χ0) is 21.7. The molecule has 1 unspecified atom stereocenters. The highest BCUT2D eigenvalue weighted by Crippen LogP contribution is 2.30. The van der Waals surface area contributed by atoms with E-state index in [1.165, 1.54) is 39.6 Å². The molecule has 9 heteroatoms. The first-order valence-corrected chi connectivity index (χ1v) is 10.4. The fourth-order valence-electron chi connectivity index (χ4n) is 4.41. The number of aromatic nitrogens is 6. The van der Waals surface area contributed by atoms with Crippen molar-refractivity contribution in [3.05, 3.63) is 71.6 Å². The molecule has 0 spiro atoms. The van der Waals surface area contributed by atoms with E-state index in [9.17, 15) is 9.18 Å². The van der Waals surface area contributed by atoms with E-state index in [0.29, 0.717) is 29.0 Å². The van der Waals surface area contributed by atoms with E-state index in [1.807, 2.05) is 12.1 Å². The fourth-order valence-corrected chi connectivity index (χ4v) is 4.41. The number of nitrogens with one attached hydrogen (secondary N) is 2. The summed E-state index contributed by atoms with van der Waals surface area (Å²) in [6, 6.07) is 9.73. The molecule has 0 radical (unpaired) electrons. The van der Waals surface area contributed by atoms with Gasteiger partial charge in [-0.3, -0.25) is 9.78 Å². The van der Waals surface area contributed by atoms with Crippen molar-refractivity contribution in [3.63, 3.8) is 0 Å². The molecule has 0 saturated carbocycles. The summed E-state index contributed by atoms with van der Waals surface area (Å²) in [6.07, 6.45) is 7.41. The SMILES string of the molecule is O=Cc1cnn2c(NC3CCc4[nH]c5ccccc5c4C3)nc(-c3cncc(F)c3)nc12. The van der Waals surface area contributed by atoms with Gasteiger partial charge in [0.15, 0.2) is 17.8 Å². The molecular weight excluding hydrogens is 409 g/mol. The number of carbonyl (C=O) groups excluding carboxylic acids is 1. The normalized spacial score (nSPS) is 15.7. The van der Waals surface area contributed by atoms with Crippen LogP contribution < -0.4 is 5.32 Å². The zero-order valence-electron chi connectivity index (χ0n) is 16.9. The smallest absolute Gasteiger partial charge is 0.228 e. The topological polar surface area (TPSA) is 101 Å². The highest BCUT2D eigenvalue weighted by molar-refractivity contribution is 5.85. The van der Waals surface area contributed by atoms with Gasteiger partial charge in [0.25, 0.3) is 0 Å². The van der Waals surface area contributed by atoms with Crippen LogP contribution >= 0.6 is 0 Å². The molecular formula is C23H18FN7O. The highest BCUT2D eigenvalue weighted by atomic mass is 19.1. The van der Waals surface area contributed by atoms with E-state index in [2.05, 4.69) is 42.5 Å². The molecule has 1 aromatic carbocycles. The summed E-state index contributed by atoms with van der Waals surface area (Å²) in [5.41, 5.74) is 4.84. The molecule has 1 aliphatic carbocycles. The van der Waals surface area contributed by atoms with Crippen LogP contribution in [0, 0.1) is 5.82 Å². The van der Waals surface area contributed by atoms with Crippen molar-refractivity contribution < 1.29 is 9.18 Å². The van der Waals surface area contributed by atoms with Crippen molar-refractivity contribution in [2.45, 2.75) is 25.3 Å². The predicted molar refractivity (Wildman–Crippen MR) is 117 cm³/mol. The van der Waals surface area contributed by atoms with Gasteiger partial charge in [-0.2, -0.15) is 14.6 Å². The van der Waals surface area contributed by atoms with E-state index in [0.717, 1.165) is 31.0 Å². The molecule has 158 valence electrons. The number of carbonyl (C=O) groups is 1. The summed E-state index contributed by atoms with van der Waals surface area (Å²) in [5, 5.41) is 9.01. The van der Waals surface area contributed by atoms with Crippen molar-refractivity contribution in [3.8, 4) is 11.4 Å². The second kappa shape index (κ2) is 7.23. The van der Waals surface area contributed by atoms with Crippen molar-refractivity contribution in [1.29, 1.82) is 0 Å². The molecule has 6 rings (SSSR count). The Bertz CT molecular complexity index is 1490. The maximum atomic E-state index is 13.8. The third kappa shape index (κ3) is 3.01.